The zero-order chi connectivity index (χ0) is 18.0. The van der Waals surface area contributed by atoms with Crippen molar-refractivity contribution < 1.29 is 14.3 Å². The number of carbonyl (C=O) groups is 2. The molecule has 0 saturated heterocycles. The second kappa shape index (κ2) is 6.88. The Balaban J connectivity index is 1.86. The zero-order valence-corrected chi connectivity index (χ0v) is 14.2. The van der Waals surface area contributed by atoms with Crippen LogP contribution < -0.4 is 21.7 Å². The minimum atomic E-state index is -0.484. The quantitative estimate of drug-likeness (QED) is 0.366. The lowest BCUT2D eigenvalue weighted by Crippen LogP contribution is -2.29. The Morgan fingerprint density at radius 3 is 2.60 bits per heavy atom. The topological polar surface area (TPSA) is 120 Å². The highest BCUT2D eigenvalue weighted by atomic mass is 32.1. The third kappa shape index (κ3) is 3.59. The summed E-state index contributed by atoms with van der Waals surface area (Å²) < 4.78 is 5.79. The molecular formula is C17H16N4O3S. The Bertz CT molecular complexity index is 950. The minimum Gasteiger partial charge on any atom is -0.489 e. The molecule has 7 nitrogen and oxygen atoms in total. The first-order chi connectivity index (χ1) is 12.0. The molecule has 0 aliphatic rings. The fourth-order valence-corrected chi connectivity index (χ4v) is 3.42. The van der Waals surface area contributed by atoms with Crippen LogP contribution in [0.3, 0.4) is 0 Å². The number of nitrogens with zero attached hydrogens (tertiary/aromatic N) is 1. The molecule has 0 fully saturated rings. The molecule has 1 aromatic carbocycles. The van der Waals surface area contributed by atoms with Crippen LogP contribution in [0.25, 0.3) is 10.2 Å². The number of ether oxygens (including phenoxy) is 1. The van der Waals surface area contributed by atoms with Gasteiger partial charge >= 0.3 is 0 Å². The number of nitrogens with one attached hydrogen (secondary N) is 1. The van der Waals surface area contributed by atoms with E-state index in [9.17, 15) is 9.59 Å². The average Bonchev–Trinajstić information content (AvgIpc) is 3.03. The predicted molar refractivity (Wildman–Crippen MR) is 95.3 cm³/mol. The maximum absolute atomic E-state index is 11.7. The second-order valence-electron chi connectivity index (χ2n) is 5.40. The fraction of sp³-hybridized carbons (Fsp3) is 0.118. The van der Waals surface area contributed by atoms with Gasteiger partial charge in [0.05, 0.1) is 4.88 Å². The number of pyridine rings is 1. The number of fused-ring (bicyclic) bond motifs is 1. The van der Waals surface area contributed by atoms with Crippen molar-refractivity contribution in [2.24, 2.45) is 11.6 Å². The highest BCUT2D eigenvalue weighted by Crippen LogP contribution is 2.28. The predicted octanol–water partition coefficient (Wildman–Crippen LogP) is 1.89. The molecule has 0 aliphatic heterocycles. The van der Waals surface area contributed by atoms with Crippen molar-refractivity contribution >= 4 is 33.4 Å². The summed E-state index contributed by atoms with van der Waals surface area (Å²) in [7, 11) is 0. The van der Waals surface area contributed by atoms with E-state index in [1.54, 1.807) is 30.3 Å². The van der Waals surface area contributed by atoms with Crippen LogP contribution in [0.15, 0.2) is 36.4 Å². The standard InChI is InChI=1S/C17H16N4O3S/c1-9-6-11(8-24-12-4-2-10(3-5-12)15(18)22)13-7-14(16(23)21-19)25-17(13)20-9/h2-7H,8,19H2,1H3,(H2,18,22)(H,21,23). The molecule has 25 heavy (non-hydrogen) atoms. The summed E-state index contributed by atoms with van der Waals surface area (Å²) in [6, 6.07) is 10.3. The van der Waals surface area contributed by atoms with Crippen molar-refractivity contribution in [1.82, 2.24) is 10.4 Å². The molecule has 5 N–H and O–H groups in total. The van der Waals surface area contributed by atoms with Crippen molar-refractivity contribution in [2.45, 2.75) is 13.5 Å². The number of hydrogen-bond acceptors (Lipinski definition) is 6. The largest absolute Gasteiger partial charge is 0.489 e. The van der Waals surface area contributed by atoms with Crippen molar-refractivity contribution in [1.29, 1.82) is 0 Å². The average molecular weight is 356 g/mol. The van der Waals surface area contributed by atoms with Crippen LogP contribution in [-0.2, 0) is 6.61 Å². The maximum Gasteiger partial charge on any atom is 0.275 e. The number of amides is 2. The summed E-state index contributed by atoms with van der Waals surface area (Å²) >= 11 is 1.28. The molecule has 2 amide bonds. The summed E-state index contributed by atoms with van der Waals surface area (Å²) in [6.07, 6.45) is 0. The molecule has 0 unspecified atom stereocenters. The van der Waals surface area contributed by atoms with E-state index in [0.29, 0.717) is 22.8 Å². The lowest BCUT2D eigenvalue weighted by Gasteiger charge is -2.08. The van der Waals surface area contributed by atoms with Gasteiger partial charge in [-0.2, -0.15) is 0 Å². The molecular weight excluding hydrogens is 340 g/mol. The number of thiophene rings is 1. The van der Waals surface area contributed by atoms with E-state index < -0.39 is 5.91 Å². The number of nitrogens with two attached hydrogens (primary N) is 2. The Kier molecular flexibility index (Phi) is 4.64. The van der Waals surface area contributed by atoms with E-state index in [0.717, 1.165) is 21.5 Å². The zero-order valence-electron chi connectivity index (χ0n) is 13.4. The summed E-state index contributed by atoms with van der Waals surface area (Å²) in [5.41, 5.74) is 9.50. The molecule has 0 saturated carbocycles. The van der Waals surface area contributed by atoms with Gasteiger partial charge in [-0.05, 0) is 43.3 Å². The lowest BCUT2D eigenvalue weighted by atomic mass is 10.1. The Labute approximate surface area is 147 Å². The van der Waals surface area contributed by atoms with Crippen molar-refractivity contribution in [3.63, 3.8) is 0 Å². The van der Waals surface area contributed by atoms with Crippen molar-refractivity contribution in [3.05, 3.63) is 58.1 Å². The van der Waals surface area contributed by atoms with Gasteiger partial charge in [-0.25, -0.2) is 10.8 Å². The van der Waals surface area contributed by atoms with E-state index >= 15 is 0 Å². The molecule has 0 radical (unpaired) electrons. The van der Waals surface area contributed by atoms with Crippen LogP contribution in [0.5, 0.6) is 5.75 Å². The molecule has 2 aromatic heterocycles. The molecule has 0 spiro atoms. The van der Waals surface area contributed by atoms with Gasteiger partial charge in [0.15, 0.2) is 0 Å². The Morgan fingerprint density at radius 1 is 1.24 bits per heavy atom. The molecule has 0 atom stereocenters. The number of carbonyl (C=O) groups excluding carboxylic acids is 2. The Hall–Kier alpha value is -2.97. The van der Waals surface area contributed by atoms with Crippen molar-refractivity contribution in [3.8, 4) is 5.75 Å². The Morgan fingerprint density at radius 2 is 1.96 bits per heavy atom. The molecule has 2 heterocycles. The van der Waals surface area contributed by atoms with Gasteiger partial charge in [0.1, 0.15) is 17.2 Å². The summed E-state index contributed by atoms with van der Waals surface area (Å²) in [4.78, 5) is 28.5. The van der Waals surface area contributed by atoms with Gasteiger partial charge in [-0.3, -0.25) is 15.0 Å². The fourth-order valence-electron chi connectivity index (χ4n) is 2.40. The van der Waals surface area contributed by atoms with E-state index in [4.69, 9.17) is 16.3 Å². The summed E-state index contributed by atoms with van der Waals surface area (Å²) in [5, 5.41) is 0.850. The number of benzene rings is 1. The lowest BCUT2D eigenvalue weighted by molar-refractivity contribution is 0.0956. The van der Waals surface area contributed by atoms with Crippen LogP contribution in [0.4, 0.5) is 0 Å². The van der Waals surface area contributed by atoms with Gasteiger partial charge in [0.2, 0.25) is 5.91 Å². The molecule has 8 heteroatoms. The van der Waals surface area contributed by atoms with E-state index in [1.165, 1.54) is 11.3 Å². The van der Waals surface area contributed by atoms with Crippen LogP contribution in [-0.4, -0.2) is 16.8 Å². The summed E-state index contributed by atoms with van der Waals surface area (Å²) in [6.45, 7) is 2.18. The van der Waals surface area contributed by atoms with Crippen LogP contribution >= 0.6 is 11.3 Å². The number of primary amides is 1. The number of aromatic nitrogens is 1. The minimum absolute atomic E-state index is 0.302. The first-order valence-corrected chi connectivity index (χ1v) is 8.23. The van der Waals surface area contributed by atoms with Gasteiger partial charge in [-0.15, -0.1) is 11.3 Å². The molecule has 3 rings (SSSR count). The highest BCUT2D eigenvalue weighted by Gasteiger charge is 2.14. The SMILES string of the molecule is Cc1cc(COc2ccc(C(N)=O)cc2)c2cc(C(=O)NN)sc2n1. The number of hydrogen-bond donors (Lipinski definition) is 3. The van der Waals surface area contributed by atoms with E-state index in [2.05, 4.69) is 10.4 Å². The molecule has 0 aliphatic carbocycles. The van der Waals surface area contributed by atoms with E-state index in [1.807, 2.05) is 13.0 Å². The van der Waals surface area contributed by atoms with Gasteiger partial charge in [0.25, 0.3) is 5.91 Å². The summed E-state index contributed by atoms with van der Waals surface area (Å²) in [5.74, 6) is 4.97. The first-order valence-electron chi connectivity index (χ1n) is 7.41. The first kappa shape index (κ1) is 16.9. The monoisotopic (exact) mass is 356 g/mol. The third-order valence-electron chi connectivity index (χ3n) is 3.61. The molecule has 128 valence electrons. The highest BCUT2D eigenvalue weighted by molar-refractivity contribution is 7.20. The maximum atomic E-state index is 11.7. The smallest absolute Gasteiger partial charge is 0.275 e. The molecule has 3 aromatic rings. The number of aryl methyl sites for hydroxylation is 1. The van der Waals surface area contributed by atoms with Crippen LogP contribution in [0.1, 0.15) is 31.3 Å². The second-order valence-corrected chi connectivity index (χ2v) is 6.43. The number of nitrogen functional groups attached to an aromatic ring is 1. The number of hydrazine groups is 1. The normalized spacial score (nSPS) is 10.6. The molecule has 0 bridgehead atoms. The van der Waals surface area contributed by atoms with Crippen LogP contribution in [0.2, 0.25) is 0 Å². The van der Waals surface area contributed by atoms with E-state index in [-0.39, 0.29) is 5.91 Å². The van der Waals surface area contributed by atoms with Gasteiger partial charge in [0, 0.05) is 22.2 Å². The third-order valence-corrected chi connectivity index (χ3v) is 4.64. The van der Waals surface area contributed by atoms with Gasteiger partial charge in [-0.1, -0.05) is 0 Å². The van der Waals surface area contributed by atoms with Crippen molar-refractivity contribution in [2.75, 3.05) is 0 Å². The van der Waals surface area contributed by atoms with Gasteiger partial charge < -0.3 is 10.5 Å². The van der Waals surface area contributed by atoms with Crippen LogP contribution in [0, 0.1) is 6.92 Å². The number of rotatable bonds is 5.